The van der Waals surface area contributed by atoms with E-state index >= 15 is 0 Å². The number of hydrogen-bond donors (Lipinski definition) is 1. The van der Waals surface area contributed by atoms with E-state index in [1.807, 2.05) is 37.4 Å². The Labute approximate surface area is 136 Å². The minimum atomic E-state index is -0.105. The fraction of sp³-hybridized carbons (Fsp3) is 0.200. The average molecular weight is 330 g/mol. The SMILES string of the molecule is Cc1nc(NC(=O)Cc2csc(-c3ccccn3)n2)sc1C. The summed E-state index contributed by atoms with van der Waals surface area (Å²) in [6.07, 6.45) is 1.97. The van der Waals surface area contributed by atoms with Crippen LogP contribution in [0.1, 0.15) is 16.3 Å². The molecule has 3 rings (SSSR count). The molecule has 0 unspecified atom stereocenters. The van der Waals surface area contributed by atoms with Crippen LogP contribution in [0.25, 0.3) is 10.7 Å². The number of thiazole rings is 2. The van der Waals surface area contributed by atoms with E-state index in [2.05, 4.69) is 20.3 Å². The van der Waals surface area contributed by atoms with Gasteiger partial charge in [0, 0.05) is 16.5 Å². The lowest BCUT2D eigenvalue weighted by molar-refractivity contribution is -0.115. The maximum absolute atomic E-state index is 12.1. The summed E-state index contributed by atoms with van der Waals surface area (Å²) in [4.78, 5) is 26.2. The molecule has 112 valence electrons. The van der Waals surface area contributed by atoms with Crippen LogP contribution in [-0.4, -0.2) is 20.9 Å². The quantitative estimate of drug-likeness (QED) is 0.795. The van der Waals surface area contributed by atoms with Crippen LogP contribution in [0.4, 0.5) is 5.13 Å². The van der Waals surface area contributed by atoms with Crippen molar-refractivity contribution in [2.45, 2.75) is 20.3 Å². The molecule has 0 saturated carbocycles. The molecule has 0 aromatic carbocycles. The Morgan fingerprint density at radius 3 is 2.82 bits per heavy atom. The zero-order chi connectivity index (χ0) is 15.5. The van der Waals surface area contributed by atoms with Crippen molar-refractivity contribution in [1.29, 1.82) is 0 Å². The number of carbonyl (C=O) groups is 1. The number of rotatable bonds is 4. The van der Waals surface area contributed by atoms with E-state index < -0.39 is 0 Å². The second-order valence-electron chi connectivity index (χ2n) is 4.74. The number of nitrogens with zero attached hydrogens (tertiary/aromatic N) is 3. The number of carbonyl (C=O) groups excluding carboxylic acids is 1. The van der Waals surface area contributed by atoms with E-state index in [1.165, 1.54) is 22.7 Å². The smallest absolute Gasteiger partial charge is 0.232 e. The van der Waals surface area contributed by atoms with Gasteiger partial charge in [0.25, 0.3) is 0 Å². The molecule has 1 N–H and O–H groups in total. The van der Waals surface area contributed by atoms with Crippen LogP contribution in [0.3, 0.4) is 0 Å². The second kappa shape index (κ2) is 6.33. The van der Waals surface area contributed by atoms with E-state index in [1.54, 1.807) is 6.20 Å². The van der Waals surface area contributed by atoms with Gasteiger partial charge >= 0.3 is 0 Å². The number of anilines is 1. The molecule has 22 heavy (non-hydrogen) atoms. The molecule has 0 aliphatic rings. The van der Waals surface area contributed by atoms with Gasteiger partial charge in [-0.05, 0) is 26.0 Å². The molecule has 5 nitrogen and oxygen atoms in total. The highest BCUT2D eigenvalue weighted by Crippen LogP contribution is 2.23. The first-order valence-corrected chi connectivity index (χ1v) is 8.41. The van der Waals surface area contributed by atoms with E-state index in [0.717, 1.165) is 27.0 Å². The lowest BCUT2D eigenvalue weighted by Crippen LogP contribution is -2.14. The Balaban J connectivity index is 1.66. The highest BCUT2D eigenvalue weighted by Gasteiger charge is 2.12. The first kappa shape index (κ1) is 14.8. The van der Waals surface area contributed by atoms with Crippen LogP contribution < -0.4 is 5.32 Å². The molecule has 0 bridgehead atoms. The summed E-state index contributed by atoms with van der Waals surface area (Å²) < 4.78 is 0. The third-order valence-electron chi connectivity index (χ3n) is 3.05. The molecule has 0 atom stereocenters. The summed E-state index contributed by atoms with van der Waals surface area (Å²) in [6.45, 7) is 3.92. The zero-order valence-corrected chi connectivity index (χ0v) is 13.8. The fourth-order valence-electron chi connectivity index (χ4n) is 1.85. The maximum Gasteiger partial charge on any atom is 0.232 e. The Morgan fingerprint density at radius 2 is 2.14 bits per heavy atom. The number of hydrogen-bond acceptors (Lipinski definition) is 6. The first-order valence-electron chi connectivity index (χ1n) is 6.71. The van der Waals surface area contributed by atoms with E-state index in [9.17, 15) is 4.79 Å². The number of pyridine rings is 1. The van der Waals surface area contributed by atoms with Crippen LogP contribution in [0.15, 0.2) is 29.8 Å². The van der Waals surface area contributed by atoms with Crippen LogP contribution in [0, 0.1) is 13.8 Å². The number of nitrogens with one attached hydrogen (secondary N) is 1. The van der Waals surface area contributed by atoms with Crippen molar-refractivity contribution in [3.05, 3.63) is 46.0 Å². The van der Waals surface area contributed by atoms with Crippen LogP contribution in [0.5, 0.6) is 0 Å². The molecule has 7 heteroatoms. The van der Waals surface area contributed by atoms with Crippen molar-refractivity contribution in [2.75, 3.05) is 5.32 Å². The van der Waals surface area contributed by atoms with Crippen molar-refractivity contribution in [3.8, 4) is 10.7 Å². The molecule has 0 radical (unpaired) electrons. The van der Waals surface area contributed by atoms with Crippen molar-refractivity contribution in [1.82, 2.24) is 15.0 Å². The number of aromatic nitrogens is 3. The second-order valence-corrected chi connectivity index (χ2v) is 6.81. The molecule has 1 amide bonds. The molecule has 3 aromatic rings. The van der Waals surface area contributed by atoms with Gasteiger partial charge in [0.1, 0.15) is 5.01 Å². The molecule has 0 aliphatic heterocycles. The van der Waals surface area contributed by atoms with Gasteiger partial charge in [-0.15, -0.1) is 22.7 Å². The molecule has 0 saturated heterocycles. The predicted octanol–water partition coefficient (Wildman–Crippen LogP) is 3.46. The van der Waals surface area contributed by atoms with Gasteiger partial charge in [-0.2, -0.15) is 0 Å². The Hall–Kier alpha value is -2.12. The normalized spacial score (nSPS) is 10.6. The van der Waals surface area contributed by atoms with Crippen LogP contribution in [-0.2, 0) is 11.2 Å². The fourth-order valence-corrected chi connectivity index (χ4v) is 3.48. The standard InChI is InChI=1S/C15H14N4OS2/c1-9-10(2)22-15(17-9)19-13(20)7-11-8-21-14(18-11)12-5-3-4-6-16-12/h3-6,8H,7H2,1-2H3,(H,17,19,20). The van der Waals surface area contributed by atoms with Gasteiger partial charge < -0.3 is 5.32 Å². The maximum atomic E-state index is 12.1. The third kappa shape index (κ3) is 3.37. The zero-order valence-electron chi connectivity index (χ0n) is 12.2. The minimum Gasteiger partial charge on any atom is -0.302 e. The summed E-state index contributed by atoms with van der Waals surface area (Å²) in [5.41, 5.74) is 2.52. The largest absolute Gasteiger partial charge is 0.302 e. The summed E-state index contributed by atoms with van der Waals surface area (Å²) in [7, 11) is 0. The highest BCUT2D eigenvalue weighted by molar-refractivity contribution is 7.15. The summed E-state index contributed by atoms with van der Waals surface area (Å²) in [6, 6.07) is 5.69. The van der Waals surface area contributed by atoms with Gasteiger partial charge in [-0.1, -0.05) is 6.07 Å². The molecule has 0 fully saturated rings. The number of amides is 1. The molecule has 0 spiro atoms. The minimum absolute atomic E-state index is 0.105. The van der Waals surface area contributed by atoms with Gasteiger partial charge in [0.15, 0.2) is 5.13 Å². The van der Waals surface area contributed by atoms with Gasteiger partial charge in [0.05, 0.1) is 23.5 Å². The summed E-state index contributed by atoms with van der Waals surface area (Å²) >= 11 is 2.98. The molecular formula is C15H14N4OS2. The number of aryl methyl sites for hydroxylation is 2. The van der Waals surface area contributed by atoms with Crippen LogP contribution in [0.2, 0.25) is 0 Å². The predicted molar refractivity (Wildman–Crippen MR) is 89.3 cm³/mol. The molecule has 0 aliphatic carbocycles. The van der Waals surface area contributed by atoms with E-state index in [0.29, 0.717) is 5.13 Å². The van der Waals surface area contributed by atoms with Gasteiger partial charge in [-0.3, -0.25) is 9.78 Å². The van der Waals surface area contributed by atoms with Crippen molar-refractivity contribution in [3.63, 3.8) is 0 Å². The Morgan fingerprint density at radius 1 is 1.27 bits per heavy atom. The van der Waals surface area contributed by atoms with Crippen molar-refractivity contribution in [2.24, 2.45) is 0 Å². The Kier molecular flexibility index (Phi) is 4.26. The molecular weight excluding hydrogens is 316 g/mol. The van der Waals surface area contributed by atoms with Gasteiger partial charge in [-0.25, -0.2) is 9.97 Å². The van der Waals surface area contributed by atoms with E-state index in [4.69, 9.17) is 0 Å². The van der Waals surface area contributed by atoms with Gasteiger partial charge in [0.2, 0.25) is 5.91 Å². The summed E-state index contributed by atoms with van der Waals surface area (Å²) in [5, 5.41) is 6.17. The third-order valence-corrected chi connectivity index (χ3v) is 4.95. The lowest BCUT2D eigenvalue weighted by Gasteiger charge is -1.99. The lowest BCUT2D eigenvalue weighted by atomic mass is 10.3. The molecule has 3 heterocycles. The molecule has 3 aromatic heterocycles. The Bertz CT molecular complexity index is 775. The highest BCUT2D eigenvalue weighted by atomic mass is 32.1. The monoisotopic (exact) mass is 330 g/mol. The average Bonchev–Trinajstić information content (AvgIpc) is 3.07. The van der Waals surface area contributed by atoms with Crippen molar-refractivity contribution >= 4 is 33.7 Å². The van der Waals surface area contributed by atoms with Crippen molar-refractivity contribution < 1.29 is 4.79 Å². The van der Waals surface area contributed by atoms with Crippen LogP contribution >= 0.6 is 22.7 Å². The van der Waals surface area contributed by atoms with E-state index in [-0.39, 0.29) is 12.3 Å². The summed E-state index contributed by atoms with van der Waals surface area (Å²) in [5.74, 6) is -0.105. The topological polar surface area (TPSA) is 67.8 Å². The first-order chi connectivity index (χ1) is 10.6.